The number of amides is 1. The van der Waals surface area contributed by atoms with Crippen LogP contribution in [0.3, 0.4) is 0 Å². The second kappa shape index (κ2) is 4.76. The van der Waals surface area contributed by atoms with E-state index in [4.69, 9.17) is 5.73 Å². The molecule has 1 aliphatic rings. The normalized spacial score (nSPS) is 20.4. The largest absolute Gasteiger partial charge is 0.366 e. The van der Waals surface area contributed by atoms with Crippen LogP contribution in [-0.2, 0) is 6.54 Å². The zero-order chi connectivity index (χ0) is 12.5. The van der Waals surface area contributed by atoms with E-state index in [9.17, 15) is 4.79 Å². The van der Waals surface area contributed by atoms with E-state index in [2.05, 4.69) is 24.1 Å². The molecule has 0 aliphatic carbocycles. The summed E-state index contributed by atoms with van der Waals surface area (Å²) in [5, 5.41) is 5.32. The van der Waals surface area contributed by atoms with Gasteiger partial charge >= 0.3 is 0 Å². The Kier molecular flexibility index (Phi) is 3.51. The van der Waals surface area contributed by atoms with Crippen molar-refractivity contribution in [3.05, 3.63) is 21.9 Å². The van der Waals surface area contributed by atoms with Crippen LogP contribution < -0.4 is 11.1 Å². The van der Waals surface area contributed by atoms with Crippen molar-refractivity contribution in [3.8, 4) is 0 Å². The van der Waals surface area contributed by atoms with Crippen LogP contribution >= 0.6 is 11.3 Å². The fourth-order valence-corrected chi connectivity index (χ4v) is 3.11. The van der Waals surface area contributed by atoms with Crippen LogP contribution in [-0.4, -0.2) is 36.0 Å². The monoisotopic (exact) mass is 253 g/mol. The Balaban J connectivity index is 1.98. The summed E-state index contributed by atoms with van der Waals surface area (Å²) >= 11 is 1.61. The van der Waals surface area contributed by atoms with Crippen LogP contribution in [0.15, 0.2) is 11.4 Å². The molecule has 3 N–H and O–H groups in total. The van der Waals surface area contributed by atoms with E-state index in [0.29, 0.717) is 5.56 Å². The number of thiophene rings is 1. The van der Waals surface area contributed by atoms with E-state index < -0.39 is 0 Å². The van der Waals surface area contributed by atoms with Crippen LogP contribution in [0, 0.1) is 0 Å². The molecule has 5 heteroatoms. The third kappa shape index (κ3) is 3.28. The van der Waals surface area contributed by atoms with Crippen molar-refractivity contribution in [2.24, 2.45) is 5.73 Å². The summed E-state index contributed by atoms with van der Waals surface area (Å²) in [4.78, 5) is 14.6. The number of hydrogen-bond donors (Lipinski definition) is 2. The van der Waals surface area contributed by atoms with Gasteiger partial charge in [-0.15, -0.1) is 11.3 Å². The summed E-state index contributed by atoms with van der Waals surface area (Å²) < 4.78 is 0. The maximum Gasteiger partial charge on any atom is 0.249 e. The average molecular weight is 253 g/mol. The molecule has 2 rings (SSSR count). The molecule has 1 fully saturated rings. The third-order valence-electron chi connectivity index (χ3n) is 2.97. The van der Waals surface area contributed by atoms with Gasteiger partial charge in [-0.25, -0.2) is 0 Å². The molecule has 17 heavy (non-hydrogen) atoms. The Morgan fingerprint density at radius 2 is 2.41 bits per heavy atom. The van der Waals surface area contributed by atoms with Crippen molar-refractivity contribution in [2.45, 2.75) is 25.9 Å². The van der Waals surface area contributed by atoms with Gasteiger partial charge < -0.3 is 11.1 Å². The molecule has 0 radical (unpaired) electrons. The molecule has 1 aromatic heterocycles. The van der Waals surface area contributed by atoms with Gasteiger partial charge in [-0.05, 0) is 19.9 Å². The molecule has 1 aliphatic heterocycles. The third-order valence-corrected chi connectivity index (χ3v) is 3.89. The van der Waals surface area contributed by atoms with E-state index >= 15 is 0 Å². The number of nitrogens with two attached hydrogens (primary N) is 1. The van der Waals surface area contributed by atoms with Gasteiger partial charge in [-0.1, -0.05) is 0 Å². The lowest BCUT2D eigenvalue weighted by Gasteiger charge is -2.38. The Bertz CT molecular complexity index is 414. The molecule has 1 amide bonds. The number of carbonyl (C=O) groups is 1. The summed E-state index contributed by atoms with van der Waals surface area (Å²) in [5.74, 6) is -0.340. The van der Waals surface area contributed by atoms with Crippen molar-refractivity contribution >= 4 is 17.2 Å². The summed E-state index contributed by atoms with van der Waals surface area (Å²) in [5.41, 5.74) is 6.04. The predicted octanol–water partition coefficient (Wildman–Crippen LogP) is 1.03. The van der Waals surface area contributed by atoms with Crippen molar-refractivity contribution < 1.29 is 4.79 Å². The average Bonchev–Trinajstić information content (AvgIpc) is 2.64. The number of carbonyl (C=O) groups excluding carboxylic acids is 1. The maximum atomic E-state index is 11.0. The molecule has 0 bridgehead atoms. The number of nitrogens with zero attached hydrogens (tertiary/aromatic N) is 1. The molecule has 0 unspecified atom stereocenters. The standard InChI is InChI=1S/C12H19N3OS/c1-12(2)8-15(4-3-14-12)6-10-5-9(7-17-10)11(13)16/h5,7,14H,3-4,6,8H2,1-2H3,(H2,13,16). The fourth-order valence-electron chi connectivity index (χ4n) is 2.19. The molecule has 0 atom stereocenters. The molecule has 0 saturated carbocycles. The van der Waals surface area contributed by atoms with Crippen molar-refractivity contribution in [3.63, 3.8) is 0 Å². The molecule has 0 aromatic carbocycles. The Labute approximate surface area is 106 Å². The predicted molar refractivity (Wildman–Crippen MR) is 70.2 cm³/mol. The minimum atomic E-state index is -0.340. The minimum Gasteiger partial charge on any atom is -0.366 e. The second-order valence-electron chi connectivity index (χ2n) is 5.19. The van der Waals surface area contributed by atoms with E-state index in [1.54, 1.807) is 11.3 Å². The van der Waals surface area contributed by atoms with Gasteiger partial charge in [0.2, 0.25) is 5.91 Å². The van der Waals surface area contributed by atoms with Crippen molar-refractivity contribution in [1.29, 1.82) is 0 Å². The highest BCUT2D eigenvalue weighted by molar-refractivity contribution is 7.10. The van der Waals surface area contributed by atoms with Crippen LogP contribution in [0.5, 0.6) is 0 Å². The number of hydrogen-bond acceptors (Lipinski definition) is 4. The highest BCUT2D eigenvalue weighted by Gasteiger charge is 2.25. The Hall–Kier alpha value is -0.910. The van der Waals surface area contributed by atoms with Gasteiger partial charge in [0.15, 0.2) is 0 Å². The molecular formula is C12H19N3OS. The minimum absolute atomic E-state index is 0.169. The molecule has 94 valence electrons. The maximum absolute atomic E-state index is 11.0. The summed E-state index contributed by atoms with van der Waals surface area (Å²) in [6, 6.07) is 1.90. The molecule has 0 spiro atoms. The first-order valence-electron chi connectivity index (χ1n) is 5.81. The lowest BCUT2D eigenvalue weighted by molar-refractivity contribution is 0.100. The van der Waals surface area contributed by atoms with Crippen molar-refractivity contribution in [2.75, 3.05) is 19.6 Å². The molecule has 1 saturated heterocycles. The SMILES string of the molecule is CC1(C)CN(Cc2cc(C(N)=O)cs2)CCN1. The number of rotatable bonds is 3. The summed E-state index contributed by atoms with van der Waals surface area (Å²) in [6.45, 7) is 8.42. The zero-order valence-electron chi connectivity index (χ0n) is 10.3. The summed E-state index contributed by atoms with van der Waals surface area (Å²) in [7, 11) is 0. The molecule has 2 heterocycles. The quantitative estimate of drug-likeness (QED) is 0.846. The van der Waals surface area contributed by atoms with Gasteiger partial charge in [-0.2, -0.15) is 0 Å². The van der Waals surface area contributed by atoms with Crippen LogP contribution in [0.2, 0.25) is 0 Å². The first kappa shape index (κ1) is 12.5. The first-order chi connectivity index (χ1) is 7.96. The first-order valence-corrected chi connectivity index (χ1v) is 6.69. The summed E-state index contributed by atoms with van der Waals surface area (Å²) in [6.07, 6.45) is 0. The zero-order valence-corrected chi connectivity index (χ0v) is 11.1. The molecule has 1 aromatic rings. The van der Waals surface area contributed by atoms with Gasteiger partial charge in [0.05, 0.1) is 5.56 Å². The van der Waals surface area contributed by atoms with Gasteiger partial charge in [0.25, 0.3) is 0 Å². The second-order valence-corrected chi connectivity index (χ2v) is 6.18. The smallest absolute Gasteiger partial charge is 0.249 e. The van der Waals surface area contributed by atoms with Crippen LogP contribution in [0.1, 0.15) is 29.1 Å². The molecular weight excluding hydrogens is 234 g/mol. The fraction of sp³-hybridized carbons (Fsp3) is 0.583. The molecule has 4 nitrogen and oxygen atoms in total. The van der Waals surface area contributed by atoms with Gasteiger partial charge in [-0.3, -0.25) is 9.69 Å². The number of nitrogens with one attached hydrogen (secondary N) is 1. The highest BCUT2D eigenvalue weighted by atomic mass is 32.1. The number of primary amides is 1. The highest BCUT2D eigenvalue weighted by Crippen LogP contribution is 2.19. The van der Waals surface area contributed by atoms with E-state index in [1.807, 2.05) is 11.4 Å². The van der Waals surface area contributed by atoms with Gasteiger partial charge in [0, 0.05) is 42.0 Å². The van der Waals surface area contributed by atoms with Crippen molar-refractivity contribution in [1.82, 2.24) is 10.2 Å². The topological polar surface area (TPSA) is 58.4 Å². The van der Waals surface area contributed by atoms with E-state index in [0.717, 1.165) is 26.2 Å². The van der Waals surface area contributed by atoms with E-state index in [-0.39, 0.29) is 11.4 Å². The van der Waals surface area contributed by atoms with E-state index in [1.165, 1.54) is 4.88 Å². The van der Waals surface area contributed by atoms with Gasteiger partial charge in [0.1, 0.15) is 0 Å². The Morgan fingerprint density at radius 1 is 1.65 bits per heavy atom. The number of piperazine rings is 1. The lowest BCUT2D eigenvalue weighted by atomic mass is 10.0. The Morgan fingerprint density at radius 3 is 3.00 bits per heavy atom. The van der Waals surface area contributed by atoms with Crippen LogP contribution in [0.4, 0.5) is 0 Å². The van der Waals surface area contributed by atoms with Crippen LogP contribution in [0.25, 0.3) is 0 Å². The lowest BCUT2D eigenvalue weighted by Crippen LogP contribution is -2.56.